The van der Waals surface area contributed by atoms with Crippen LogP contribution in [0.4, 0.5) is 0 Å². The first-order valence-corrected chi connectivity index (χ1v) is 9.57. The SMILES string of the molecule is Cc1ccc(-c2nc(CN3CCCC3c3nccs3)c(C)o2)s1. The number of likely N-dealkylation sites (tertiary alicyclic amines) is 1. The highest BCUT2D eigenvalue weighted by molar-refractivity contribution is 7.15. The molecule has 23 heavy (non-hydrogen) atoms. The first-order chi connectivity index (χ1) is 11.2. The Hall–Kier alpha value is -1.50. The molecule has 0 aromatic carbocycles. The molecule has 1 aliphatic rings. The van der Waals surface area contributed by atoms with E-state index in [-0.39, 0.29) is 0 Å². The molecule has 0 bridgehead atoms. The van der Waals surface area contributed by atoms with Crippen LogP contribution in [-0.2, 0) is 6.54 Å². The van der Waals surface area contributed by atoms with Gasteiger partial charge >= 0.3 is 0 Å². The van der Waals surface area contributed by atoms with E-state index in [0.717, 1.165) is 35.3 Å². The molecule has 0 N–H and O–H groups in total. The van der Waals surface area contributed by atoms with Crippen molar-refractivity contribution in [2.24, 2.45) is 0 Å². The third kappa shape index (κ3) is 2.98. The average Bonchev–Trinajstić information content (AvgIpc) is 3.28. The Morgan fingerprint density at radius 1 is 1.35 bits per heavy atom. The monoisotopic (exact) mass is 345 g/mol. The topological polar surface area (TPSA) is 42.2 Å². The Bertz CT molecular complexity index is 791. The quantitative estimate of drug-likeness (QED) is 0.680. The van der Waals surface area contributed by atoms with Crippen molar-refractivity contribution < 1.29 is 4.42 Å². The molecule has 0 spiro atoms. The van der Waals surface area contributed by atoms with Gasteiger partial charge < -0.3 is 4.42 Å². The van der Waals surface area contributed by atoms with Crippen LogP contribution in [0.2, 0.25) is 0 Å². The van der Waals surface area contributed by atoms with Gasteiger partial charge in [-0.3, -0.25) is 4.90 Å². The molecule has 4 heterocycles. The summed E-state index contributed by atoms with van der Waals surface area (Å²) < 4.78 is 5.91. The number of aromatic nitrogens is 2. The summed E-state index contributed by atoms with van der Waals surface area (Å²) in [5, 5.41) is 3.28. The number of aryl methyl sites for hydroxylation is 2. The van der Waals surface area contributed by atoms with E-state index in [1.54, 1.807) is 22.7 Å². The van der Waals surface area contributed by atoms with Crippen LogP contribution in [0, 0.1) is 13.8 Å². The second-order valence-electron chi connectivity index (χ2n) is 5.93. The van der Waals surface area contributed by atoms with Crippen LogP contribution in [-0.4, -0.2) is 21.4 Å². The highest BCUT2D eigenvalue weighted by Gasteiger charge is 2.29. The molecule has 3 aromatic rings. The number of hydrogen-bond donors (Lipinski definition) is 0. The Morgan fingerprint density at radius 2 is 2.26 bits per heavy atom. The van der Waals surface area contributed by atoms with Gasteiger partial charge in [0.25, 0.3) is 0 Å². The Kier molecular flexibility index (Phi) is 4.05. The third-order valence-electron chi connectivity index (χ3n) is 4.30. The van der Waals surface area contributed by atoms with E-state index in [1.165, 1.54) is 22.7 Å². The molecule has 1 atom stereocenters. The summed E-state index contributed by atoms with van der Waals surface area (Å²) in [6.07, 6.45) is 4.30. The predicted octanol–water partition coefficient (Wildman–Crippen LogP) is 4.81. The van der Waals surface area contributed by atoms with Crippen LogP contribution < -0.4 is 0 Å². The van der Waals surface area contributed by atoms with Crippen molar-refractivity contribution >= 4 is 22.7 Å². The molecule has 1 aliphatic heterocycles. The summed E-state index contributed by atoms with van der Waals surface area (Å²) in [5.74, 6) is 1.68. The predicted molar refractivity (Wildman–Crippen MR) is 93.8 cm³/mol. The first kappa shape index (κ1) is 15.1. The Morgan fingerprint density at radius 3 is 3.00 bits per heavy atom. The summed E-state index contributed by atoms with van der Waals surface area (Å²) in [6, 6.07) is 4.63. The third-order valence-corrected chi connectivity index (χ3v) is 6.16. The molecule has 4 rings (SSSR count). The maximum atomic E-state index is 5.91. The average molecular weight is 345 g/mol. The number of rotatable bonds is 4. The van der Waals surface area contributed by atoms with Gasteiger partial charge in [0, 0.05) is 23.0 Å². The van der Waals surface area contributed by atoms with E-state index < -0.39 is 0 Å². The highest BCUT2D eigenvalue weighted by Crippen LogP contribution is 2.35. The summed E-state index contributed by atoms with van der Waals surface area (Å²) in [5.41, 5.74) is 1.05. The molecule has 0 amide bonds. The summed E-state index contributed by atoms with van der Waals surface area (Å²) in [7, 11) is 0. The second kappa shape index (κ2) is 6.19. The van der Waals surface area contributed by atoms with Gasteiger partial charge in [-0.2, -0.15) is 0 Å². The van der Waals surface area contributed by atoms with Crippen LogP contribution in [0.15, 0.2) is 28.1 Å². The smallest absolute Gasteiger partial charge is 0.236 e. The van der Waals surface area contributed by atoms with Crippen molar-refractivity contribution in [1.29, 1.82) is 0 Å². The van der Waals surface area contributed by atoms with Crippen molar-refractivity contribution in [3.63, 3.8) is 0 Å². The molecule has 0 radical (unpaired) electrons. The molecule has 3 aromatic heterocycles. The van der Waals surface area contributed by atoms with Gasteiger partial charge in [0.05, 0.1) is 16.6 Å². The fraction of sp³-hybridized carbons (Fsp3) is 0.412. The Balaban J connectivity index is 1.56. The van der Waals surface area contributed by atoms with Crippen LogP contribution in [0.1, 0.15) is 40.2 Å². The van der Waals surface area contributed by atoms with Crippen LogP contribution in [0.3, 0.4) is 0 Å². The summed E-state index contributed by atoms with van der Waals surface area (Å²) >= 11 is 3.47. The van der Waals surface area contributed by atoms with Gasteiger partial charge in [0.1, 0.15) is 10.8 Å². The van der Waals surface area contributed by atoms with Gasteiger partial charge in [-0.15, -0.1) is 22.7 Å². The van der Waals surface area contributed by atoms with Crippen molar-refractivity contribution in [3.8, 4) is 10.8 Å². The van der Waals surface area contributed by atoms with E-state index in [4.69, 9.17) is 9.40 Å². The highest BCUT2D eigenvalue weighted by atomic mass is 32.1. The minimum atomic E-state index is 0.429. The van der Waals surface area contributed by atoms with Gasteiger partial charge in [-0.1, -0.05) is 0 Å². The molecule has 4 nitrogen and oxygen atoms in total. The Labute approximate surface area is 143 Å². The molecule has 1 saturated heterocycles. The maximum absolute atomic E-state index is 5.91. The zero-order chi connectivity index (χ0) is 15.8. The van der Waals surface area contributed by atoms with E-state index in [0.29, 0.717) is 6.04 Å². The van der Waals surface area contributed by atoms with Gasteiger partial charge in [-0.05, 0) is 45.4 Å². The summed E-state index contributed by atoms with van der Waals surface area (Å²) in [4.78, 5) is 14.1. The molecule has 1 unspecified atom stereocenters. The van der Waals surface area contributed by atoms with Crippen molar-refractivity contribution in [2.45, 2.75) is 39.3 Å². The fourth-order valence-corrected chi connectivity index (χ4v) is 4.72. The largest absolute Gasteiger partial charge is 0.440 e. The molecule has 0 saturated carbocycles. The minimum absolute atomic E-state index is 0.429. The van der Waals surface area contributed by atoms with E-state index >= 15 is 0 Å². The number of thiophene rings is 1. The number of nitrogens with zero attached hydrogens (tertiary/aromatic N) is 3. The zero-order valence-corrected chi connectivity index (χ0v) is 14.9. The van der Waals surface area contributed by atoms with E-state index in [1.807, 2.05) is 13.1 Å². The minimum Gasteiger partial charge on any atom is -0.440 e. The van der Waals surface area contributed by atoms with Crippen LogP contribution >= 0.6 is 22.7 Å². The molecule has 0 aliphatic carbocycles. The second-order valence-corrected chi connectivity index (χ2v) is 8.15. The molecular weight excluding hydrogens is 326 g/mol. The lowest BCUT2D eigenvalue weighted by Crippen LogP contribution is -2.23. The summed E-state index contributed by atoms with van der Waals surface area (Å²) in [6.45, 7) is 6.06. The van der Waals surface area contributed by atoms with E-state index in [2.05, 4.69) is 34.3 Å². The number of oxazole rings is 1. The maximum Gasteiger partial charge on any atom is 0.236 e. The molecular formula is C17H19N3OS2. The van der Waals surface area contributed by atoms with Crippen LogP contribution in [0.25, 0.3) is 10.8 Å². The lowest BCUT2D eigenvalue weighted by atomic mass is 10.2. The van der Waals surface area contributed by atoms with Crippen molar-refractivity contribution in [3.05, 3.63) is 45.0 Å². The van der Waals surface area contributed by atoms with Crippen molar-refractivity contribution in [1.82, 2.24) is 14.9 Å². The van der Waals surface area contributed by atoms with Gasteiger partial charge in [0.15, 0.2) is 0 Å². The first-order valence-electron chi connectivity index (χ1n) is 7.87. The lowest BCUT2D eigenvalue weighted by molar-refractivity contribution is 0.244. The normalized spacial score (nSPS) is 18.8. The van der Waals surface area contributed by atoms with Crippen molar-refractivity contribution in [2.75, 3.05) is 6.54 Å². The standard InChI is InChI=1S/C17H19N3OS2/c1-11-5-6-15(23-11)16-19-13(12(2)21-16)10-20-8-3-4-14(20)17-18-7-9-22-17/h5-7,9,14H,3-4,8,10H2,1-2H3. The van der Waals surface area contributed by atoms with Crippen LogP contribution in [0.5, 0.6) is 0 Å². The van der Waals surface area contributed by atoms with E-state index in [9.17, 15) is 0 Å². The molecule has 1 fully saturated rings. The number of hydrogen-bond acceptors (Lipinski definition) is 6. The zero-order valence-electron chi connectivity index (χ0n) is 13.3. The van der Waals surface area contributed by atoms with Gasteiger partial charge in [-0.25, -0.2) is 9.97 Å². The number of thiazole rings is 1. The fourth-order valence-electron chi connectivity index (χ4n) is 3.12. The molecule has 120 valence electrons. The molecule has 6 heteroatoms. The van der Waals surface area contributed by atoms with Gasteiger partial charge in [0.2, 0.25) is 5.89 Å². The lowest BCUT2D eigenvalue weighted by Gasteiger charge is -2.21.